The minimum atomic E-state index is -1.00. The van der Waals surface area contributed by atoms with Gasteiger partial charge in [0.1, 0.15) is 16.3 Å². The van der Waals surface area contributed by atoms with Crippen molar-refractivity contribution in [2.45, 2.75) is 6.92 Å². The van der Waals surface area contributed by atoms with E-state index < -0.39 is 5.97 Å². The second-order valence-electron chi connectivity index (χ2n) is 3.65. The monoisotopic (exact) mass is 263 g/mol. The molecule has 0 saturated carbocycles. The first-order valence-electron chi connectivity index (χ1n) is 5.47. The van der Waals surface area contributed by atoms with Gasteiger partial charge in [0.15, 0.2) is 0 Å². The Hall–Kier alpha value is -2.01. The third-order valence-corrected chi connectivity index (χ3v) is 3.32. The van der Waals surface area contributed by atoms with Gasteiger partial charge < -0.3 is 15.6 Å². The summed E-state index contributed by atoms with van der Waals surface area (Å²) >= 11 is 1.23. The summed E-state index contributed by atoms with van der Waals surface area (Å²) in [7, 11) is 0. The molecule has 0 aliphatic carbocycles. The summed E-state index contributed by atoms with van der Waals surface area (Å²) in [6.45, 7) is 2.52. The van der Waals surface area contributed by atoms with Crippen molar-refractivity contribution < 1.29 is 14.6 Å². The Labute approximate surface area is 109 Å². The number of thiophene rings is 1. The van der Waals surface area contributed by atoms with E-state index in [9.17, 15) is 4.79 Å². The average Bonchev–Trinajstić information content (AvgIpc) is 2.73. The number of aromatic carboxylic acids is 1. The fourth-order valence-corrected chi connectivity index (χ4v) is 2.52. The lowest BCUT2D eigenvalue weighted by molar-refractivity contribution is 0.0699. The summed E-state index contributed by atoms with van der Waals surface area (Å²) in [5.41, 5.74) is 7.31. The molecule has 0 atom stereocenters. The molecule has 0 spiro atoms. The van der Waals surface area contributed by atoms with E-state index in [0.29, 0.717) is 17.2 Å². The summed E-state index contributed by atoms with van der Waals surface area (Å²) in [4.78, 5) is 11.1. The van der Waals surface area contributed by atoms with Crippen LogP contribution in [0.25, 0.3) is 11.1 Å². The van der Waals surface area contributed by atoms with Gasteiger partial charge in [0.05, 0.1) is 6.61 Å². The topological polar surface area (TPSA) is 72.5 Å². The van der Waals surface area contributed by atoms with Crippen molar-refractivity contribution in [1.82, 2.24) is 0 Å². The maximum Gasteiger partial charge on any atom is 0.339 e. The molecule has 2 rings (SSSR count). The zero-order chi connectivity index (χ0) is 13.1. The molecule has 2 aromatic rings. The van der Waals surface area contributed by atoms with Crippen molar-refractivity contribution in [1.29, 1.82) is 0 Å². The number of hydrogen-bond acceptors (Lipinski definition) is 4. The van der Waals surface area contributed by atoms with Gasteiger partial charge in [-0.2, -0.15) is 0 Å². The number of carbonyl (C=O) groups is 1. The van der Waals surface area contributed by atoms with Gasteiger partial charge in [-0.1, -0.05) is 12.1 Å². The van der Waals surface area contributed by atoms with Crippen LogP contribution in [0.3, 0.4) is 0 Å². The van der Waals surface area contributed by atoms with Gasteiger partial charge in [0.25, 0.3) is 0 Å². The molecule has 1 aromatic carbocycles. The lowest BCUT2D eigenvalue weighted by Crippen LogP contribution is -2.00. The molecular weight excluding hydrogens is 250 g/mol. The molecule has 0 saturated heterocycles. The maximum absolute atomic E-state index is 11.1. The molecule has 0 bridgehead atoms. The standard InChI is InChI=1S/C13H13NO3S/c1-2-17-9-5-3-8(4-6-9)10-7-18-12(14)11(10)13(15)16/h3-7H,2,14H2,1H3,(H,15,16). The minimum absolute atomic E-state index is 0.171. The predicted octanol–water partition coefficient (Wildman–Crippen LogP) is 3.09. The van der Waals surface area contributed by atoms with Crippen LogP contribution in [-0.2, 0) is 0 Å². The summed E-state index contributed by atoms with van der Waals surface area (Å²) in [5.74, 6) is -0.237. The molecule has 0 aliphatic heterocycles. The van der Waals surface area contributed by atoms with E-state index in [1.54, 1.807) is 5.38 Å². The summed E-state index contributed by atoms with van der Waals surface area (Å²) in [5, 5.41) is 11.2. The van der Waals surface area contributed by atoms with Crippen molar-refractivity contribution in [3.05, 3.63) is 35.2 Å². The third kappa shape index (κ3) is 2.31. The molecule has 0 amide bonds. The van der Waals surface area contributed by atoms with Gasteiger partial charge in [-0.05, 0) is 24.6 Å². The third-order valence-electron chi connectivity index (χ3n) is 2.51. The normalized spacial score (nSPS) is 10.3. The van der Waals surface area contributed by atoms with E-state index in [1.807, 2.05) is 31.2 Å². The smallest absolute Gasteiger partial charge is 0.339 e. The van der Waals surface area contributed by atoms with Crippen molar-refractivity contribution >= 4 is 22.3 Å². The van der Waals surface area contributed by atoms with Crippen LogP contribution < -0.4 is 10.5 Å². The van der Waals surface area contributed by atoms with Gasteiger partial charge in [-0.25, -0.2) is 4.79 Å². The summed E-state index contributed by atoms with van der Waals surface area (Å²) in [6, 6.07) is 7.30. The number of anilines is 1. The van der Waals surface area contributed by atoms with Crippen LogP contribution >= 0.6 is 11.3 Å². The van der Waals surface area contributed by atoms with E-state index >= 15 is 0 Å². The summed E-state index contributed by atoms with van der Waals surface area (Å²) < 4.78 is 5.34. The first kappa shape index (κ1) is 12.4. The van der Waals surface area contributed by atoms with Gasteiger partial charge >= 0.3 is 5.97 Å². The molecule has 3 N–H and O–H groups in total. The Morgan fingerprint density at radius 3 is 2.61 bits per heavy atom. The highest BCUT2D eigenvalue weighted by Gasteiger charge is 2.17. The summed E-state index contributed by atoms with van der Waals surface area (Å²) in [6.07, 6.45) is 0. The SMILES string of the molecule is CCOc1ccc(-c2csc(N)c2C(=O)O)cc1. The number of rotatable bonds is 4. The fourth-order valence-electron chi connectivity index (χ4n) is 1.70. The zero-order valence-electron chi connectivity index (χ0n) is 9.84. The molecule has 1 aromatic heterocycles. The molecular formula is C13H13NO3S. The number of ether oxygens (including phenoxy) is 1. The maximum atomic E-state index is 11.1. The highest BCUT2D eigenvalue weighted by atomic mass is 32.1. The number of carboxylic acid groups (broad SMARTS) is 1. The minimum Gasteiger partial charge on any atom is -0.494 e. The van der Waals surface area contributed by atoms with Crippen LogP contribution in [0.5, 0.6) is 5.75 Å². The number of carboxylic acids is 1. The van der Waals surface area contributed by atoms with Gasteiger partial charge in [0, 0.05) is 10.9 Å². The molecule has 94 valence electrons. The van der Waals surface area contributed by atoms with E-state index in [4.69, 9.17) is 15.6 Å². The van der Waals surface area contributed by atoms with Crippen LogP contribution in [0.15, 0.2) is 29.6 Å². The molecule has 0 aliphatic rings. The molecule has 0 radical (unpaired) electrons. The molecule has 0 unspecified atom stereocenters. The van der Waals surface area contributed by atoms with E-state index in [-0.39, 0.29) is 5.56 Å². The average molecular weight is 263 g/mol. The second kappa shape index (κ2) is 5.10. The van der Waals surface area contributed by atoms with E-state index in [0.717, 1.165) is 11.3 Å². The Bertz CT molecular complexity index is 560. The molecule has 1 heterocycles. The number of nitrogen functional groups attached to an aromatic ring is 1. The highest BCUT2D eigenvalue weighted by molar-refractivity contribution is 7.14. The number of benzene rings is 1. The molecule has 18 heavy (non-hydrogen) atoms. The lowest BCUT2D eigenvalue weighted by Gasteiger charge is -2.05. The van der Waals surface area contributed by atoms with Crippen LogP contribution in [0.1, 0.15) is 17.3 Å². The van der Waals surface area contributed by atoms with E-state index in [1.165, 1.54) is 11.3 Å². The number of hydrogen-bond donors (Lipinski definition) is 2. The van der Waals surface area contributed by atoms with Crippen LogP contribution in [0, 0.1) is 0 Å². The predicted molar refractivity (Wildman–Crippen MR) is 72.3 cm³/mol. The quantitative estimate of drug-likeness (QED) is 0.889. The Balaban J connectivity index is 2.40. The van der Waals surface area contributed by atoms with E-state index in [2.05, 4.69) is 0 Å². The largest absolute Gasteiger partial charge is 0.494 e. The highest BCUT2D eigenvalue weighted by Crippen LogP contribution is 2.34. The lowest BCUT2D eigenvalue weighted by atomic mass is 10.0. The van der Waals surface area contributed by atoms with Gasteiger partial charge in [-0.15, -0.1) is 11.3 Å². The van der Waals surface area contributed by atoms with Gasteiger partial charge in [-0.3, -0.25) is 0 Å². The Morgan fingerprint density at radius 2 is 2.06 bits per heavy atom. The Kier molecular flexibility index (Phi) is 3.53. The van der Waals surface area contributed by atoms with Crippen molar-refractivity contribution in [2.24, 2.45) is 0 Å². The molecule has 5 heteroatoms. The van der Waals surface area contributed by atoms with Gasteiger partial charge in [0.2, 0.25) is 0 Å². The molecule has 4 nitrogen and oxygen atoms in total. The second-order valence-corrected chi connectivity index (χ2v) is 4.56. The number of nitrogens with two attached hydrogens (primary N) is 1. The fraction of sp³-hybridized carbons (Fsp3) is 0.154. The molecule has 0 fully saturated rings. The Morgan fingerprint density at radius 1 is 1.39 bits per heavy atom. The first-order chi connectivity index (χ1) is 8.63. The van der Waals surface area contributed by atoms with Crippen LogP contribution in [0.2, 0.25) is 0 Å². The zero-order valence-corrected chi connectivity index (χ0v) is 10.7. The van der Waals surface area contributed by atoms with Crippen LogP contribution in [0.4, 0.5) is 5.00 Å². The van der Waals surface area contributed by atoms with Crippen LogP contribution in [-0.4, -0.2) is 17.7 Å². The van der Waals surface area contributed by atoms with Crippen molar-refractivity contribution in [3.8, 4) is 16.9 Å². The van der Waals surface area contributed by atoms with Crippen molar-refractivity contribution in [3.63, 3.8) is 0 Å². The first-order valence-corrected chi connectivity index (χ1v) is 6.35. The van der Waals surface area contributed by atoms with Crippen molar-refractivity contribution in [2.75, 3.05) is 12.3 Å².